The quantitative estimate of drug-likeness (QED) is 0.214. The first-order chi connectivity index (χ1) is 24.1. The van der Waals surface area contributed by atoms with Crippen LogP contribution in [-0.2, 0) is 4.74 Å². The van der Waals surface area contributed by atoms with Crippen LogP contribution in [0.15, 0.2) is 65.2 Å². The van der Waals surface area contributed by atoms with E-state index in [1.54, 1.807) is 30.3 Å². The van der Waals surface area contributed by atoms with Gasteiger partial charge in [-0.2, -0.15) is 0 Å². The van der Waals surface area contributed by atoms with Crippen molar-refractivity contribution in [2.75, 3.05) is 69.0 Å². The number of likely N-dealkylation sites (tertiary alicyclic amines) is 1. The van der Waals surface area contributed by atoms with Gasteiger partial charge in [0.15, 0.2) is 5.82 Å². The molecule has 0 aliphatic carbocycles. The molecule has 2 aromatic heterocycles. The molecule has 13 heteroatoms. The molecule has 0 spiro atoms. The third kappa shape index (κ3) is 6.74. The number of urea groups is 1. The van der Waals surface area contributed by atoms with E-state index in [9.17, 15) is 9.59 Å². The summed E-state index contributed by atoms with van der Waals surface area (Å²) in [5.41, 5.74) is 4.77. The molecule has 2 aliphatic rings. The highest BCUT2D eigenvalue weighted by Gasteiger charge is 2.28. The van der Waals surface area contributed by atoms with Gasteiger partial charge < -0.3 is 34.6 Å². The molecule has 7 rings (SSSR count). The minimum absolute atomic E-state index is 0.00239. The molecule has 0 saturated carbocycles. The zero-order valence-corrected chi connectivity index (χ0v) is 28.5. The number of carbonyl (C=O) groups excluding carboxylic acids is 2. The molecule has 2 saturated heterocycles. The third-order valence-electron chi connectivity index (χ3n) is 9.36. The fraction of sp³-hybridized carbons (Fsp3) is 0.324. The van der Waals surface area contributed by atoms with Gasteiger partial charge in [-0.25, -0.2) is 19.2 Å². The maximum Gasteiger partial charge on any atom is 0.323 e. The Bertz CT molecular complexity index is 2040. The SMILES string of the molecule is Cc1noc(C)c1-c1ccc2c(N3CCOCC3)nc(-c3ccc(NC(=O)Nc4ccc(C(=O)N5CC[C@H](N(C)C)C5)cc4)c(F)c3)nc2c1. The molecule has 50 heavy (non-hydrogen) atoms. The van der Waals surface area contributed by atoms with E-state index in [0.717, 1.165) is 34.4 Å². The minimum Gasteiger partial charge on any atom is -0.378 e. The molecule has 1 atom stereocenters. The van der Waals surface area contributed by atoms with E-state index in [2.05, 4.69) is 25.6 Å². The van der Waals surface area contributed by atoms with Crippen LogP contribution in [0, 0.1) is 19.7 Å². The zero-order valence-electron chi connectivity index (χ0n) is 28.5. The fourth-order valence-corrected chi connectivity index (χ4v) is 6.58. The summed E-state index contributed by atoms with van der Waals surface area (Å²) in [6.45, 7) is 7.65. The summed E-state index contributed by atoms with van der Waals surface area (Å²) in [6.07, 6.45) is 0.937. The van der Waals surface area contributed by atoms with Gasteiger partial charge in [-0.05, 0) is 94.5 Å². The normalized spacial score (nSPS) is 16.3. The van der Waals surface area contributed by atoms with E-state index in [0.29, 0.717) is 79.4 Å². The van der Waals surface area contributed by atoms with E-state index in [1.807, 2.05) is 51.0 Å². The molecule has 258 valence electrons. The van der Waals surface area contributed by atoms with Crippen molar-refractivity contribution in [2.24, 2.45) is 0 Å². The third-order valence-corrected chi connectivity index (χ3v) is 9.36. The van der Waals surface area contributed by atoms with Crippen LogP contribution < -0.4 is 15.5 Å². The molecule has 2 aliphatic heterocycles. The molecule has 12 nitrogen and oxygen atoms in total. The average Bonchev–Trinajstić information content (AvgIpc) is 3.75. The Morgan fingerprint density at radius 1 is 0.920 bits per heavy atom. The van der Waals surface area contributed by atoms with Gasteiger partial charge >= 0.3 is 6.03 Å². The van der Waals surface area contributed by atoms with E-state index in [-0.39, 0.29) is 11.6 Å². The number of amides is 3. The Balaban J connectivity index is 1.09. The van der Waals surface area contributed by atoms with Crippen LogP contribution in [0.4, 0.5) is 26.4 Å². The lowest BCUT2D eigenvalue weighted by Gasteiger charge is -2.29. The van der Waals surface area contributed by atoms with Gasteiger partial charge in [-0.15, -0.1) is 0 Å². The number of benzene rings is 3. The summed E-state index contributed by atoms with van der Waals surface area (Å²) in [4.78, 5) is 41.7. The number of nitrogens with zero attached hydrogens (tertiary/aromatic N) is 6. The number of aryl methyl sites for hydroxylation is 2. The average molecular weight is 679 g/mol. The Kier molecular flexibility index (Phi) is 9.17. The van der Waals surface area contributed by atoms with Gasteiger partial charge in [-0.1, -0.05) is 11.2 Å². The predicted octanol–water partition coefficient (Wildman–Crippen LogP) is 5.96. The van der Waals surface area contributed by atoms with Crippen molar-refractivity contribution >= 4 is 40.0 Å². The van der Waals surface area contributed by atoms with Crippen molar-refractivity contribution in [3.8, 4) is 22.5 Å². The maximum absolute atomic E-state index is 15.5. The number of hydrogen-bond acceptors (Lipinski definition) is 9. The highest BCUT2D eigenvalue weighted by molar-refractivity contribution is 6.01. The van der Waals surface area contributed by atoms with Gasteiger partial charge in [0.05, 0.1) is 30.1 Å². The summed E-state index contributed by atoms with van der Waals surface area (Å²) in [5.74, 6) is 1.13. The Morgan fingerprint density at radius 2 is 1.68 bits per heavy atom. The molecule has 3 amide bonds. The van der Waals surface area contributed by atoms with Crippen LogP contribution >= 0.6 is 0 Å². The second-order valence-electron chi connectivity index (χ2n) is 12.9. The molecule has 0 unspecified atom stereocenters. The molecule has 0 bridgehead atoms. The standard InChI is InChI=1S/C37H39FN8O4/c1-22-33(23(2)50-43-22)25-7-11-29-32(20-25)40-34(42-35(29)45-15-17-49-18-16-45)26-8-12-31(30(38)19-26)41-37(48)39-27-9-5-24(6-10-27)36(47)46-14-13-28(21-46)44(3)4/h5-12,19-20,28H,13-18,21H2,1-4H3,(H2,39,41,48)/t28-/m0/s1. The lowest BCUT2D eigenvalue weighted by atomic mass is 10.0. The summed E-state index contributed by atoms with van der Waals surface area (Å²) >= 11 is 0. The summed E-state index contributed by atoms with van der Waals surface area (Å²) in [7, 11) is 4.04. The number of halogens is 1. The van der Waals surface area contributed by atoms with Crippen molar-refractivity contribution in [3.63, 3.8) is 0 Å². The Labute approximate surface area is 289 Å². The van der Waals surface area contributed by atoms with Gasteiger partial charge in [0, 0.05) is 60.0 Å². The largest absolute Gasteiger partial charge is 0.378 e. The first kappa shape index (κ1) is 33.1. The Hall–Kier alpha value is -5.40. The van der Waals surface area contributed by atoms with Crippen LogP contribution in [0.25, 0.3) is 33.4 Å². The number of morpholine rings is 1. The molecular weight excluding hydrogens is 639 g/mol. The van der Waals surface area contributed by atoms with Crippen LogP contribution in [0.3, 0.4) is 0 Å². The monoisotopic (exact) mass is 678 g/mol. The van der Waals surface area contributed by atoms with Crippen molar-refractivity contribution in [3.05, 3.63) is 83.5 Å². The number of hydrogen-bond donors (Lipinski definition) is 2. The second kappa shape index (κ2) is 13.8. The molecular formula is C37H39FN8O4. The fourth-order valence-electron chi connectivity index (χ4n) is 6.58. The number of ether oxygens (including phenoxy) is 1. The molecule has 0 radical (unpaired) electrons. The molecule has 5 aromatic rings. The summed E-state index contributed by atoms with van der Waals surface area (Å²) in [6, 6.07) is 16.9. The number of nitrogens with one attached hydrogen (secondary N) is 2. The van der Waals surface area contributed by atoms with Crippen molar-refractivity contribution < 1.29 is 23.2 Å². The number of likely N-dealkylation sites (N-methyl/N-ethyl adjacent to an activating group) is 1. The predicted molar refractivity (Wildman–Crippen MR) is 190 cm³/mol. The van der Waals surface area contributed by atoms with Crippen LogP contribution in [0.1, 0.15) is 28.2 Å². The number of fused-ring (bicyclic) bond motifs is 1. The number of aromatic nitrogens is 3. The van der Waals surface area contributed by atoms with Gasteiger partial charge in [0.25, 0.3) is 5.91 Å². The first-order valence-electron chi connectivity index (χ1n) is 16.7. The van der Waals surface area contributed by atoms with Crippen LogP contribution in [-0.4, -0.2) is 96.4 Å². The number of carbonyl (C=O) groups is 2. The smallest absolute Gasteiger partial charge is 0.323 e. The van der Waals surface area contributed by atoms with Crippen molar-refractivity contribution in [2.45, 2.75) is 26.3 Å². The highest BCUT2D eigenvalue weighted by Crippen LogP contribution is 2.34. The van der Waals surface area contributed by atoms with E-state index in [1.165, 1.54) is 12.1 Å². The molecule has 2 N–H and O–H groups in total. The summed E-state index contributed by atoms with van der Waals surface area (Å²) < 4.78 is 26.5. The van der Waals surface area contributed by atoms with Crippen LogP contribution in [0.5, 0.6) is 0 Å². The van der Waals surface area contributed by atoms with E-state index < -0.39 is 11.8 Å². The topological polar surface area (TPSA) is 129 Å². The number of rotatable bonds is 7. The van der Waals surface area contributed by atoms with Crippen molar-refractivity contribution in [1.82, 2.24) is 24.9 Å². The van der Waals surface area contributed by atoms with Gasteiger partial charge in [0.1, 0.15) is 17.4 Å². The highest BCUT2D eigenvalue weighted by atomic mass is 19.1. The van der Waals surface area contributed by atoms with Crippen molar-refractivity contribution in [1.29, 1.82) is 0 Å². The molecule has 3 aromatic carbocycles. The van der Waals surface area contributed by atoms with Crippen LogP contribution in [0.2, 0.25) is 0 Å². The zero-order chi connectivity index (χ0) is 34.9. The summed E-state index contributed by atoms with van der Waals surface area (Å²) in [5, 5.41) is 10.3. The molecule has 4 heterocycles. The van der Waals surface area contributed by atoms with Gasteiger partial charge in [-0.3, -0.25) is 4.79 Å². The van der Waals surface area contributed by atoms with E-state index in [4.69, 9.17) is 19.2 Å². The Morgan fingerprint density at radius 3 is 2.36 bits per heavy atom. The molecule has 2 fully saturated rings. The lowest BCUT2D eigenvalue weighted by molar-refractivity contribution is 0.0783. The second-order valence-corrected chi connectivity index (χ2v) is 12.9. The first-order valence-corrected chi connectivity index (χ1v) is 16.7. The number of anilines is 3. The van der Waals surface area contributed by atoms with E-state index >= 15 is 4.39 Å². The lowest BCUT2D eigenvalue weighted by Crippen LogP contribution is -2.37. The van der Waals surface area contributed by atoms with Gasteiger partial charge in [0.2, 0.25) is 0 Å². The maximum atomic E-state index is 15.5. The minimum atomic E-state index is -0.638.